The van der Waals surface area contributed by atoms with Crippen molar-refractivity contribution in [2.45, 2.75) is 13.0 Å². The Morgan fingerprint density at radius 2 is 2.09 bits per heavy atom. The number of hydrogen-bond acceptors (Lipinski definition) is 5. The zero-order chi connectivity index (χ0) is 16.2. The van der Waals surface area contributed by atoms with Gasteiger partial charge in [0, 0.05) is 36.7 Å². The lowest BCUT2D eigenvalue weighted by Crippen LogP contribution is -2.35. The lowest BCUT2D eigenvalue weighted by molar-refractivity contribution is 0.0905. The number of carbonyl (C=O) groups is 1. The molecule has 1 atom stereocenters. The maximum absolute atomic E-state index is 12.1. The third kappa shape index (κ3) is 3.35. The number of ether oxygens (including phenoxy) is 1. The molecule has 7 heteroatoms. The molecule has 0 aliphatic carbocycles. The van der Waals surface area contributed by atoms with Crippen molar-refractivity contribution >= 4 is 11.7 Å². The van der Waals surface area contributed by atoms with Crippen LogP contribution in [-0.2, 0) is 4.74 Å². The molecule has 23 heavy (non-hydrogen) atoms. The highest BCUT2D eigenvalue weighted by Crippen LogP contribution is 2.19. The van der Waals surface area contributed by atoms with Gasteiger partial charge in [0.15, 0.2) is 0 Å². The second kappa shape index (κ2) is 6.53. The number of nitrogens with one attached hydrogen (secondary N) is 1. The Bertz CT molecular complexity index is 813. The van der Waals surface area contributed by atoms with Crippen molar-refractivity contribution in [3.05, 3.63) is 48.5 Å². The highest BCUT2D eigenvalue weighted by molar-refractivity contribution is 5.94. The first-order valence-corrected chi connectivity index (χ1v) is 7.23. The van der Waals surface area contributed by atoms with Gasteiger partial charge in [-0.2, -0.15) is 0 Å². The average molecular weight is 311 g/mol. The lowest BCUT2D eigenvalue weighted by atomic mass is 10.1. The molecule has 0 bridgehead atoms. The minimum Gasteiger partial charge on any atom is -0.383 e. The van der Waals surface area contributed by atoms with Crippen molar-refractivity contribution in [3.63, 3.8) is 0 Å². The van der Waals surface area contributed by atoms with Crippen molar-refractivity contribution in [1.82, 2.24) is 24.9 Å². The number of rotatable bonds is 5. The first kappa shape index (κ1) is 15.1. The monoisotopic (exact) mass is 311 g/mol. The maximum atomic E-state index is 12.1. The van der Waals surface area contributed by atoms with Crippen LogP contribution in [-0.4, -0.2) is 45.2 Å². The number of nitrogens with zero attached hydrogens (tertiary/aromatic N) is 4. The minimum atomic E-state index is -0.117. The standard InChI is InChI=1S/C16H17N5O2/c1-11(9-23-2)19-15(22)13-5-3-12(4-6-13)14-7-17-16-20-18-10-21(16)8-14/h3-8,10-11H,9H2,1-2H3,(H,19,22). The van der Waals surface area contributed by atoms with Crippen LogP contribution >= 0.6 is 0 Å². The summed E-state index contributed by atoms with van der Waals surface area (Å²) in [6, 6.07) is 7.33. The number of benzene rings is 1. The van der Waals surface area contributed by atoms with E-state index in [1.807, 2.05) is 25.3 Å². The van der Waals surface area contributed by atoms with Crippen molar-refractivity contribution in [2.24, 2.45) is 0 Å². The molecule has 118 valence electrons. The molecular formula is C16H17N5O2. The summed E-state index contributed by atoms with van der Waals surface area (Å²) < 4.78 is 6.76. The summed E-state index contributed by atoms with van der Waals surface area (Å²) in [4.78, 5) is 16.3. The Kier molecular flexibility index (Phi) is 4.29. The predicted molar refractivity (Wildman–Crippen MR) is 85.0 cm³/mol. The van der Waals surface area contributed by atoms with Gasteiger partial charge in [-0.3, -0.25) is 9.20 Å². The van der Waals surface area contributed by atoms with E-state index in [9.17, 15) is 4.79 Å². The van der Waals surface area contributed by atoms with E-state index in [0.29, 0.717) is 17.9 Å². The van der Waals surface area contributed by atoms with E-state index in [-0.39, 0.29) is 11.9 Å². The van der Waals surface area contributed by atoms with Gasteiger partial charge in [0.25, 0.3) is 11.7 Å². The Labute approximate surface area is 133 Å². The molecule has 1 aromatic carbocycles. The van der Waals surface area contributed by atoms with Crippen LogP contribution in [0.4, 0.5) is 0 Å². The number of methoxy groups -OCH3 is 1. The second-order valence-corrected chi connectivity index (χ2v) is 5.29. The number of fused-ring (bicyclic) bond motifs is 1. The van der Waals surface area contributed by atoms with E-state index in [2.05, 4.69) is 20.5 Å². The van der Waals surface area contributed by atoms with Gasteiger partial charge in [-0.25, -0.2) is 4.98 Å². The maximum Gasteiger partial charge on any atom is 0.254 e. The van der Waals surface area contributed by atoms with Crippen LogP contribution in [0.5, 0.6) is 0 Å². The number of carbonyl (C=O) groups excluding carboxylic acids is 1. The molecule has 0 saturated heterocycles. The number of aromatic nitrogens is 4. The average Bonchev–Trinajstić information content (AvgIpc) is 3.02. The van der Waals surface area contributed by atoms with Gasteiger partial charge in [-0.1, -0.05) is 12.1 Å². The van der Waals surface area contributed by atoms with Crippen molar-refractivity contribution in [2.75, 3.05) is 13.7 Å². The molecular weight excluding hydrogens is 294 g/mol. The van der Waals surface area contributed by atoms with Crippen LogP contribution in [0.2, 0.25) is 0 Å². The Hall–Kier alpha value is -2.80. The first-order chi connectivity index (χ1) is 11.2. The van der Waals surface area contributed by atoms with Gasteiger partial charge in [0.2, 0.25) is 0 Å². The molecule has 1 unspecified atom stereocenters. The third-order valence-electron chi connectivity index (χ3n) is 3.43. The Morgan fingerprint density at radius 1 is 1.30 bits per heavy atom. The molecule has 0 radical (unpaired) electrons. The van der Waals surface area contributed by atoms with Gasteiger partial charge in [-0.05, 0) is 24.6 Å². The summed E-state index contributed by atoms with van der Waals surface area (Å²) in [5.74, 6) is 0.436. The van der Waals surface area contributed by atoms with E-state index in [0.717, 1.165) is 11.1 Å². The molecule has 2 heterocycles. The highest BCUT2D eigenvalue weighted by atomic mass is 16.5. The summed E-state index contributed by atoms with van der Waals surface area (Å²) in [6.07, 6.45) is 5.24. The van der Waals surface area contributed by atoms with Crippen LogP contribution in [0.15, 0.2) is 43.0 Å². The molecule has 0 spiro atoms. The van der Waals surface area contributed by atoms with Gasteiger partial charge < -0.3 is 10.1 Å². The van der Waals surface area contributed by atoms with E-state index in [1.165, 1.54) is 0 Å². The van der Waals surface area contributed by atoms with Gasteiger partial charge in [0.05, 0.1) is 6.61 Å². The second-order valence-electron chi connectivity index (χ2n) is 5.29. The zero-order valence-corrected chi connectivity index (χ0v) is 12.9. The quantitative estimate of drug-likeness (QED) is 0.773. The molecule has 1 N–H and O–H groups in total. The number of amides is 1. The molecule has 7 nitrogen and oxygen atoms in total. The summed E-state index contributed by atoms with van der Waals surface area (Å²) in [6.45, 7) is 2.38. The van der Waals surface area contributed by atoms with Crippen LogP contribution < -0.4 is 5.32 Å². The first-order valence-electron chi connectivity index (χ1n) is 7.23. The van der Waals surface area contributed by atoms with Crippen LogP contribution in [0.25, 0.3) is 16.9 Å². The van der Waals surface area contributed by atoms with E-state index >= 15 is 0 Å². The molecule has 0 aliphatic rings. The zero-order valence-electron chi connectivity index (χ0n) is 12.9. The van der Waals surface area contributed by atoms with Crippen molar-refractivity contribution in [3.8, 4) is 11.1 Å². The highest BCUT2D eigenvalue weighted by Gasteiger charge is 2.10. The van der Waals surface area contributed by atoms with Crippen LogP contribution in [0, 0.1) is 0 Å². The molecule has 1 amide bonds. The molecule has 3 aromatic rings. The molecule has 3 rings (SSSR count). The van der Waals surface area contributed by atoms with Gasteiger partial charge >= 0.3 is 0 Å². The topological polar surface area (TPSA) is 81.4 Å². The fraction of sp³-hybridized carbons (Fsp3) is 0.250. The summed E-state index contributed by atoms with van der Waals surface area (Å²) >= 11 is 0. The third-order valence-corrected chi connectivity index (χ3v) is 3.43. The summed E-state index contributed by atoms with van der Waals surface area (Å²) in [7, 11) is 1.61. The molecule has 0 saturated carbocycles. The fourth-order valence-electron chi connectivity index (χ4n) is 2.29. The van der Waals surface area contributed by atoms with Crippen molar-refractivity contribution < 1.29 is 9.53 Å². The van der Waals surface area contributed by atoms with Crippen LogP contribution in [0.3, 0.4) is 0 Å². The van der Waals surface area contributed by atoms with Crippen molar-refractivity contribution in [1.29, 1.82) is 0 Å². The molecule has 2 aromatic heterocycles. The SMILES string of the molecule is COCC(C)NC(=O)c1ccc(-c2cnc3nncn3c2)cc1. The molecule has 0 fully saturated rings. The van der Waals surface area contributed by atoms with E-state index in [1.54, 1.807) is 36.2 Å². The fourth-order valence-corrected chi connectivity index (χ4v) is 2.29. The normalized spacial score (nSPS) is 12.3. The minimum absolute atomic E-state index is 0.0347. The summed E-state index contributed by atoms with van der Waals surface area (Å²) in [5.41, 5.74) is 2.50. The summed E-state index contributed by atoms with van der Waals surface area (Å²) in [5, 5.41) is 10.6. The van der Waals surface area contributed by atoms with Gasteiger partial charge in [0.1, 0.15) is 6.33 Å². The van der Waals surface area contributed by atoms with E-state index < -0.39 is 0 Å². The molecule has 0 aliphatic heterocycles. The lowest BCUT2D eigenvalue weighted by Gasteiger charge is -2.12. The Morgan fingerprint density at radius 3 is 2.83 bits per heavy atom. The predicted octanol–water partition coefficient (Wildman–Crippen LogP) is 1.56. The smallest absolute Gasteiger partial charge is 0.254 e. The van der Waals surface area contributed by atoms with Gasteiger partial charge in [-0.15, -0.1) is 10.2 Å². The largest absolute Gasteiger partial charge is 0.383 e. The Balaban J connectivity index is 1.77. The van der Waals surface area contributed by atoms with E-state index in [4.69, 9.17) is 4.74 Å². The number of hydrogen-bond donors (Lipinski definition) is 1. The van der Waals surface area contributed by atoms with Crippen LogP contribution in [0.1, 0.15) is 17.3 Å².